The van der Waals surface area contributed by atoms with Crippen LogP contribution < -0.4 is 4.90 Å². The first-order chi connectivity index (χ1) is 15.2. The van der Waals surface area contributed by atoms with Crippen LogP contribution in [0.3, 0.4) is 0 Å². The molecule has 2 fully saturated rings. The van der Waals surface area contributed by atoms with Crippen molar-refractivity contribution in [2.24, 2.45) is 11.3 Å². The minimum Gasteiger partial charge on any atom is -0.481 e. The van der Waals surface area contributed by atoms with Gasteiger partial charge >= 0.3 is 12.1 Å². The molecule has 0 spiro atoms. The van der Waals surface area contributed by atoms with E-state index in [0.717, 1.165) is 43.4 Å². The molecule has 2 aliphatic carbocycles. The van der Waals surface area contributed by atoms with E-state index in [4.69, 9.17) is 9.84 Å². The summed E-state index contributed by atoms with van der Waals surface area (Å²) in [5.74, 6) is -0.921. The molecule has 0 bridgehead atoms. The molecule has 2 saturated carbocycles. The number of nitrogens with zero attached hydrogens (tertiary/aromatic N) is 2. The van der Waals surface area contributed by atoms with Crippen LogP contribution in [0.5, 0.6) is 0 Å². The predicted molar refractivity (Wildman–Crippen MR) is 120 cm³/mol. The number of para-hydroxylation sites is 1. The van der Waals surface area contributed by atoms with Crippen molar-refractivity contribution < 1.29 is 24.2 Å². The van der Waals surface area contributed by atoms with Crippen LogP contribution in [0.4, 0.5) is 10.5 Å². The number of amides is 2. The van der Waals surface area contributed by atoms with Gasteiger partial charge in [-0.2, -0.15) is 0 Å². The average Bonchev–Trinajstić information content (AvgIpc) is 3.45. The van der Waals surface area contributed by atoms with Gasteiger partial charge in [0.15, 0.2) is 0 Å². The highest BCUT2D eigenvalue weighted by atomic mass is 16.6. The van der Waals surface area contributed by atoms with Crippen molar-refractivity contribution in [1.29, 1.82) is 0 Å². The monoisotopic (exact) mass is 442 g/mol. The summed E-state index contributed by atoms with van der Waals surface area (Å²) in [7, 11) is 0. The average molecular weight is 443 g/mol. The van der Waals surface area contributed by atoms with E-state index in [-0.39, 0.29) is 54.3 Å². The van der Waals surface area contributed by atoms with E-state index in [1.165, 1.54) is 0 Å². The first-order valence-corrected chi connectivity index (χ1v) is 11.8. The van der Waals surface area contributed by atoms with Gasteiger partial charge in [-0.25, -0.2) is 4.79 Å². The number of hydrogen-bond acceptors (Lipinski definition) is 4. The fourth-order valence-electron chi connectivity index (χ4n) is 5.24. The van der Waals surface area contributed by atoms with E-state index in [2.05, 4.69) is 0 Å². The summed E-state index contributed by atoms with van der Waals surface area (Å²) in [5, 5.41) is 9.09. The molecule has 3 unspecified atom stereocenters. The normalized spacial score (nSPS) is 24.5. The molecule has 0 saturated heterocycles. The lowest BCUT2D eigenvalue weighted by Gasteiger charge is -2.47. The van der Waals surface area contributed by atoms with Gasteiger partial charge in [-0.05, 0) is 42.7 Å². The third-order valence-electron chi connectivity index (χ3n) is 6.69. The Labute approximate surface area is 189 Å². The molecule has 174 valence electrons. The molecule has 3 aliphatic rings. The number of benzene rings is 1. The third-order valence-corrected chi connectivity index (χ3v) is 6.69. The second-order valence-corrected chi connectivity index (χ2v) is 10.6. The molecule has 1 aromatic carbocycles. The molecular weight excluding hydrogens is 408 g/mol. The van der Waals surface area contributed by atoms with Crippen molar-refractivity contribution in [3.05, 3.63) is 29.8 Å². The minimum atomic E-state index is -0.954. The van der Waals surface area contributed by atoms with Gasteiger partial charge in [-0.15, -0.1) is 0 Å². The zero-order valence-corrected chi connectivity index (χ0v) is 19.3. The molecule has 7 nitrogen and oxygen atoms in total. The minimum absolute atomic E-state index is 0.0131. The summed E-state index contributed by atoms with van der Waals surface area (Å²) in [5.41, 5.74) is 1.66. The van der Waals surface area contributed by atoms with E-state index in [9.17, 15) is 14.4 Å². The maximum Gasteiger partial charge on any atom is 0.414 e. The number of anilines is 1. The Morgan fingerprint density at radius 3 is 2.47 bits per heavy atom. The van der Waals surface area contributed by atoms with Crippen LogP contribution in [0.1, 0.15) is 77.3 Å². The molecule has 32 heavy (non-hydrogen) atoms. The maximum atomic E-state index is 13.2. The molecule has 3 atom stereocenters. The van der Waals surface area contributed by atoms with Crippen molar-refractivity contribution >= 4 is 23.7 Å². The van der Waals surface area contributed by atoms with Gasteiger partial charge in [0.2, 0.25) is 5.91 Å². The van der Waals surface area contributed by atoms with Gasteiger partial charge in [0.25, 0.3) is 0 Å². The largest absolute Gasteiger partial charge is 0.481 e. The van der Waals surface area contributed by atoms with Crippen molar-refractivity contribution in [2.75, 3.05) is 11.5 Å². The Balaban J connectivity index is 1.69. The van der Waals surface area contributed by atoms with Crippen molar-refractivity contribution in [2.45, 2.75) is 83.8 Å². The Morgan fingerprint density at radius 2 is 1.81 bits per heavy atom. The van der Waals surface area contributed by atoms with Crippen LogP contribution in [-0.4, -0.2) is 46.7 Å². The van der Waals surface area contributed by atoms with Gasteiger partial charge in [-0.1, -0.05) is 45.4 Å². The molecular formula is C25H34N2O5. The summed E-state index contributed by atoms with van der Waals surface area (Å²) >= 11 is 0. The van der Waals surface area contributed by atoms with Crippen LogP contribution in [0, 0.1) is 11.3 Å². The summed E-state index contributed by atoms with van der Waals surface area (Å²) in [4.78, 5) is 41.3. The third kappa shape index (κ3) is 4.62. The summed E-state index contributed by atoms with van der Waals surface area (Å²) in [6.45, 7) is 6.45. The van der Waals surface area contributed by atoms with Crippen LogP contribution in [0.2, 0.25) is 0 Å². The standard InChI is InChI=1S/C25H34N2O5/c1-25(2,3)15-32-24(31)27-19-9-5-4-7-17(19)23(18-8-6-10-20(18)27)26(16-11-12-16)21(28)13-14-22(29)30/h4-5,7,9,16,18,20,23H,6,8,10-15H2,1-3H3,(H,29,30). The lowest BCUT2D eigenvalue weighted by molar-refractivity contribution is -0.142. The molecule has 1 N–H and O–H groups in total. The summed E-state index contributed by atoms with van der Waals surface area (Å²) < 4.78 is 5.72. The molecule has 1 aliphatic heterocycles. The highest BCUT2D eigenvalue weighted by molar-refractivity contribution is 5.91. The maximum absolute atomic E-state index is 13.2. The van der Waals surface area contributed by atoms with Gasteiger partial charge < -0.3 is 14.7 Å². The van der Waals surface area contributed by atoms with Crippen LogP contribution >= 0.6 is 0 Å². The Bertz CT molecular complexity index is 889. The number of aliphatic carboxylic acids is 1. The van der Waals surface area contributed by atoms with E-state index in [0.29, 0.717) is 6.61 Å². The smallest absolute Gasteiger partial charge is 0.414 e. The Morgan fingerprint density at radius 1 is 1.09 bits per heavy atom. The molecule has 0 radical (unpaired) electrons. The molecule has 2 amide bonds. The van der Waals surface area contributed by atoms with E-state index in [1.807, 2.05) is 54.8 Å². The predicted octanol–water partition coefficient (Wildman–Crippen LogP) is 4.75. The number of rotatable bonds is 6. The fraction of sp³-hybridized carbons (Fsp3) is 0.640. The topological polar surface area (TPSA) is 87.2 Å². The number of ether oxygens (including phenoxy) is 1. The lowest BCUT2D eigenvalue weighted by atomic mass is 9.81. The quantitative estimate of drug-likeness (QED) is 0.687. The number of carboxylic acid groups (broad SMARTS) is 1. The van der Waals surface area contributed by atoms with Crippen LogP contribution in [0.25, 0.3) is 0 Å². The summed E-state index contributed by atoms with van der Waals surface area (Å²) in [6, 6.07) is 7.85. The lowest BCUT2D eigenvalue weighted by Crippen LogP contribution is -2.53. The van der Waals surface area contributed by atoms with Gasteiger partial charge in [0.05, 0.1) is 24.8 Å². The number of carbonyl (C=O) groups excluding carboxylic acids is 2. The highest BCUT2D eigenvalue weighted by Gasteiger charge is 2.51. The van der Waals surface area contributed by atoms with Gasteiger partial charge in [0.1, 0.15) is 0 Å². The number of carboxylic acids is 1. The SMILES string of the molecule is CC(C)(C)COC(=O)N1c2ccccc2C(N(C(=O)CCC(=O)O)C2CC2)C2CCCC21. The van der Waals surface area contributed by atoms with E-state index < -0.39 is 5.97 Å². The van der Waals surface area contributed by atoms with E-state index >= 15 is 0 Å². The number of carbonyl (C=O) groups is 3. The fourth-order valence-corrected chi connectivity index (χ4v) is 5.24. The zero-order valence-electron chi connectivity index (χ0n) is 19.3. The molecule has 4 rings (SSSR count). The van der Waals surface area contributed by atoms with Crippen molar-refractivity contribution in [1.82, 2.24) is 4.90 Å². The second-order valence-electron chi connectivity index (χ2n) is 10.6. The molecule has 1 aromatic rings. The Kier molecular flexibility index (Phi) is 6.19. The highest BCUT2D eigenvalue weighted by Crippen LogP contribution is 2.52. The Hall–Kier alpha value is -2.57. The van der Waals surface area contributed by atoms with E-state index in [1.54, 1.807) is 0 Å². The molecule has 0 aromatic heterocycles. The van der Waals surface area contributed by atoms with Crippen LogP contribution in [0.15, 0.2) is 24.3 Å². The second kappa shape index (κ2) is 8.75. The zero-order chi connectivity index (χ0) is 23.0. The summed E-state index contributed by atoms with van der Waals surface area (Å²) in [6.07, 6.45) is 4.24. The molecule has 7 heteroatoms. The van der Waals surface area contributed by atoms with Gasteiger partial charge in [-0.3, -0.25) is 14.5 Å². The number of hydrogen-bond donors (Lipinski definition) is 1. The first-order valence-electron chi connectivity index (χ1n) is 11.8. The number of fused-ring (bicyclic) bond motifs is 2. The van der Waals surface area contributed by atoms with Crippen molar-refractivity contribution in [3.63, 3.8) is 0 Å². The molecule has 1 heterocycles. The first kappa shape index (κ1) is 22.6. The van der Waals surface area contributed by atoms with Gasteiger partial charge in [0, 0.05) is 24.4 Å². The van der Waals surface area contributed by atoms with Crippen LogP contribution in [-0.2, 0) is 14.3 Å². The van der Waals surface area contributed by atoms with Crippen molar-refractivity contribution in [3.8, 4) is 0 Å².